The molecule has 0 bridgehead atoms. The van der Waals surface area contributed by atoms with Crippen LogP contribution in [0.2, 0.25) is 0 Å². The summed E-state index contributed by atoms with van der Waals surface area (Å²) in [6.07, 6.45) is 3.45. The first-order valence-electron chi connectivity index (χ1n) is 8.70. The number of aromatic nitrogens is 3. The molecule has 4 rings (SSSR count). The molecular weight excluding hydrogens is 398 g/mol. The summed E-state index contributed by atoms with van der Waals surface area (Å²) in [6.45, 7) is 0.455. The molecule has 10 heteroatoms. The summed E-state index contributed by atoms with van der Waals surface area (Å²) >= 11 is 2.85. The van der Waals surface area contributed by atoms with Gasteiger partial charge in [-0.05, 0) is 30.5 Å². The highest BCUT2D eigenvalue weighted by molar-refractivity contribution is 7.15. The van der Waals surface area contributed by atoms with E-state index >= 15 is 0 Å². The number of amides is 2. The van der Waals surface area contributed by atoms with E-state index in [-0.39, 0.29) is 12.5 Å². The molecule has 2 N–H and O–H groups in total. The predicted molar refractivity (Wildman–Crippen MR) is 105 cm³/mol. The molecule has 0 atom stereocenters. The van der Waals surface area contributed by atoms with Gasteiger partial charge in [0.1, 0.15) is 16.6 Å². The standard InChI is InChI=1S/C18H17N5O3S2/c24-15(21-17-23-22-16(28-17)13-5-6-13)12-3-1-11(2-4-12)9-20-18(25)26-10-14-19-7-8-27-14/h1-4,7-8,13H,5-6,9-10H2,(H,20,25)(H,21,23,24). The lowest BCUT2D eigenvalue weighted by Gasteiger charge is -2.07. The van der Waals surface area contributed by atoms with Gasteiger partial charge in [0.15, 0.2) is 0 Å². The molecule has 0 aliphatic heterocycles. The van der Waals surface area contributed by atoms with Crippen LogP contribution < -0.4 is 10.6 Å². The third kappa shape index (κ3) is 4.90. The first-order chi connectivity index (χ1) is 13.7. The van der Waals surface area contributed by atoms with Gasteiger partial charge in [0.25, 0.3) is 5.91 Å². The Balaban J connectivity index is 1.24. The molecule has 1 fully saturated rings. The van der Waals surface area contributed by atoms with Gasteiger partial charge < -0.3 is 10.1 Å². The number of alkyl carbamates (subject to hydrolysis) is 1. The van der Waals surface area contributed by atoms with Gasteiger partial charge in [-0.1, -0.05) is 23.5 Å². The van der Waals surface area contributed by atoms with E-state index in [0.717, 1.165) is 28.4 Å². The number of carbonyl (C=O) groups excluding carboxylic acids is 2. The first-order valence-corrected chi connectivity index (χ1v) is 10.4. The van der Waals surface area contributed by atoms with Gasteiger partial charge in [0.2, 0.25) is 5.13 Å². The van der Waals surface area contributed by atoms with Crippen LogP contribution in [-0.4, -0.2) is 27.2 Å². The van der Waals surface area contributed by atoms with Crippen molar-refractivity contribution in [3.63, 3.8) is 0 Å². The van der Waals surface area contributed by atoms with Crippen molar-refractivity contribution in [3.8, 4) is 0 Å². The number of benzene rings is 1. The Hall–Kier alpha value is -2.85. The molecule has 1 aliphatic rings. The number of anilines is 1. The van der Waals surface area contributed by atoms with Crippen LogP contribution in [0, 0.1) is 0 Å². The number of nitrogens with zero attached hydrogens (tertiary/aromatic N) is 3. The van der Waals surface area contributed by atoms with Crippen LogP contribution in [0.1, 0.15) is 44.7 Å². The average molecular weight is 416 g/mol. The summed E-state index contributed by atoms with van der Waals surface area (Å²) in [5.41, 5.74) is 1.37. The highest BCUT2D eigenvalue weighted by atomic mass is 32.1. The normalized spacial score (nSPS) is 13.1. The summed E-state index contributed by atoms with van der Waals surface area (Å²) in [5, 5.41) is 17.6. The SMILES string of the molecule is O=C(NCc1ccc(C(=O)Nc2nnc(C3CC3)s2)cc1)OCc1nccs1. The lowest BCUT2D eigenvalue weighted by molar-refractivity contribution is 0.102. The maximum atomic E-state index is 12.3. The largest absolute Gasteiger partial charge is 0.442 e. The van der Waals surface area contributed by atoms with E-state index < -0.39 is 6.09 Å². The van der Waals surface area contributed by atoms with Gasteiger partial charge in [-0.15, -0.1) is 21.5 Å². The van der Waals surface area contributed by atoms with Crippen molar-refractivity contribution < 1.29 is 14.3 Å². The summed E-state index contributed by atoms with van der Waals surface area (Å²) in [6, 6.07) is 6.98. The minimum Gasteiger partial charge on any atom is -0.442 e. The lowest BCUT2D eigenvalue weighted by atomic mass is 10.1. The molecule has 144 valence electrons. The molecule has 0 radical (unpaired) electrons. The van der Waals surface area contributed by atoms with Gasteiger partial charge in [-0.3, -0.25) is 10.1 Å². The van der Waals surface area contributed by atoms with Crippen molar-refractivity contribution in [2.24, 2.45) is 0 Å². The molecule has 0 spiro atoms. The Morgan fingerprint density at radius 2 is 2.00 bits per heavy atom. The number of nitrogens with one attached hydrogen (secondary N) is 2. The van der Waals surface area contributed by atoms with Crippen LogP contribution in [0.5, 0.6) is 0 Å². The van der Waals surface area contributed by atoms with Crippen molar-refractivity contribution in [2.45, 2.75) is 31.9 Å². The first kappa shape index (κ1) is 18.5. The summed E-state index contributed by atoms with van der Waals surface area (Å²) < 4.78 is 5.08. The van der Waals surface area contributed by atoms with E-state index in [9.17, 15) is 9.59 Å². The molecule has 8 nitrogen and oxygen atoms in total. The second-order valence-electron chi connectivity index (χ2n) is 6.23. The second-order valence-corrected chi connectivity index (χ2v) is 8.21. The summed E-state index contributed by atoms with van der Waals surface area (Å²) in [5.74, 6) is 0.282. The smallest absolute Gasteiger partial charge is 0.407 e. The molecule has 2 heterocycles. The highest BCUT2D eigenvalue weighted by Gasteiger charge is 2.27. The van der Waals surface area contributed by atoms with Crippen LogP contribution in [0.25, 0.3) is 0 Å². The summed E-state index contributed by atoms with van der Waals surface area (Å²) in [7, 11) is 0. The maximum absolute atomic E-state index is 12.3. The molecule has 1 saturated carbocycles. The fourth-order valence-electron chi connectivity index (χ4n) is 2.40. The fourth-order valence-corrected chi connectivity index (χ4v) is 3.84. The van der Waals surface area contributed by atoms with E-state index in [1.165, 1.54) is 22.7 Å². The van der Waals surface area contributed by atoms with Gasteiger partial charge >= 0.3 is 6.09 Å². The highest BCUT2D eigenvalue weighted by Crippen LogP contribution is 2.42. The van der Waals surface area contributed by atoms with E-state index in [0.29, 0.717) is 23.2 Å². The fraction of sp³-hybridized carbons (Fsp3) is 0.278. The molecule has 0 saturated heterocycles. The summed E-state index contributed by atoms with van der Waals surface area (Å²) in [4.78, 5) is 28.1. The van der Waals surface area contributed by atoms with E-state index in [4.69, 9.17) is 4.74 Å². The molecule has 2 aromatic heterocycles. The zero-order valence-electron chi connectivity index (χ0n) is 14.8. The Bertz CT molecular complexity index is 952. The Morgan fingerprint density at radius 3 is 2.71 bits per heavy atom. The van der Waals surface area contributed by atoms with Crippen molar-refractivity contribution in [3.05, 3.63) is 57.0 Å². The van der Waals surface area contributed by atoms with Gasteiger partial charge in [0.05, 0.1) is 0 Å². The van der Waals surface area contributed by atoms with Crippen molar-refractivity contribution in [1.29, 1.82) is 0 Å². The molecule has 28 heavy (non-hydrogen) atoms. The number of hydrogen-bond donors (Lipinski definition) is 2. The van der Waals surface area contributed by atoms with Crippen molar-refractivity contribution in [2.75, 3.05) is 5.32 Å². The molecular formula is C18H17N5O3S2. The zero-order valence-corrected chi connectivity index (χ0v) is 16.4. The Kier molecular flexibility index (Phi) is 5.58. The topological polar surface area (TPSA) is 106 Å². The quantitative estimate of drug-likeness (QED) is 0.611. The number of rotatable bonds is 7. The molecule has 0 unspecified atom stereocenters. The molecule has 1 aromatic carbocycles. The second kappa shape index (κ2) is 8.44. The zero-order chi connectivity index (χ0) is 19.3. The number of thiazole rings is 1. The van der Waals surface area contributed by atoms with Gasteiger partial charge in [-0.2, -0.15) is 0 Å². The maximum Gasteiger partial charge on any atom is 0.407 e. The van der Waals surface area contributed by atoms with Gasteiger partial charge in [0, 0.05) is 29.6 Å². The molecule has 3 aromatic rings. The molecule has 2 amide bonds. The van der Waals surface area contributed by atoms with Gasteiger partial charge in [-0.25, -0.2) is 9.78 Å². The monoisotopic (exact) mass is 415 g/mol. The minimum absolute atomic E-state index is 0.149. The molecule has 1 aliphatic carbocycles. The van der Waals surface area contributed by atoms with Crippen molar-refractivity contribution in [1.82, 2.24) is 20.5 Å². The number of ether oxygens (including phenoxy) is 1. The van der Waals surface area contributed by atoms with Crippen LogP contribution in [0.15, 0.2) is 35.8 Å². The van der Waals surface area contributed by atoms with E-state index in [2.05, 4.69) is 25.8 Å². The number of hydrogen-bond acceptors (Lipinski definition) is 8. The van der Waals surface area contributed by atoms with Crippen LogP contribution in [0.4, 0.5) is 9.93 Å². The predicted octanol–water partition coefficient (Wildman–Crippen LogP) is 3.55. The van der Waals surface area contributed by atoms with E-state index in [1.807, 2.05) is 5.38 Å². The van der Waals surface area contributed by atoms with Crippen molar-refractivity contribution >= 4 is 39.8 Å². The Morgan fingerprint density at radius 1 is 1.18 bits per heavy atom. The third-order valence-corrected chi connectivity index (χ3v) is 5.81. The van der Waals surface area contributed by atoms with E-state index in [1.54, 1.807) is 30.5 Å². The third-order valence-electron chi connectivity index (χ3n) is 4.05. The lowest BCUT2D eigenvalue weighted by Crippen LogP contribution is -2.23. The van der Waals surface area contributed by atoms with Crippen LogP contribution in [-0.2, 0) is 17.9 Å². The van der Waals surface area contributed by atoms with Crippen LogP contribution in [0.3, 0.4) is 0 Å². The average Bonchev–Trinajstić information content (AvgIpc) is 3.23. The number of carbonyl (C=O) groups is 2. The van der Waals surface area contributed by atoms with Crippen LogP contribution >= 0.6 is 22.7 Å². The minimum atomic E-state index is -0.514. The Labute approximate surface area is 169 Å².